The molecule has 29 heavy (non-hydrogen) atoms. The van der Waals surface area contributed by atoms with Crippen molar-refractivity contribution in [1.82, 2.24) is 4.90 Å². The van der Waals surface area contributed by atoms with Crippen LogP contribution in [0.15, 0.2) is 46.4 Å². The van der Waals surface area contributed by atoms with Gasteiger partial charge in [0, 0.05) is 12.1 Å². The highest BCUT2D eigenvalue weighted by molar-refractivity contribution is 7.90. The van der Waals surface area contributed by atoms with Gasteiger partial charge in [-0.2, -0.15) is 5.26 Å². The Balaban J connectivity index is 1.66. The third-order valence-electron chi connectivity index (χ3n) is 4.76. The van der Waals surface area contributed by atoms with Crippen LogP contribution < -0.4 is 4.74 Å². The van der Waals surface area contributed by atoms with Crippen molar-refractivity contribution in [2.24, 2.45) is 9.98 Å². The molecule has 0 radical (unpaired) electrons. The molecule has 0 aliphatic carbocycles. The molecular weight excluding hydrogens is 388 g/mol. The summed E-state index contributed by atoms with van der Waals surface area (Å²) in [5.41, 5.74) is 2.38. The fraction of sp³-hybridized carbons (Fsp3) is 0.286. The maximum absolute atomic E-state index is 12.2. The van der Waals surface area contributed by atoms with Gasteiger partial charge in [-0.3, -0.25) is 4.99 Å². The van der Waals surface area contributed by atoms with Crippen molar-refractivity contribution in [3.05, 3.63) is 53.1 Å². The van der Waals surface area contributed by atoms with Gasteiger partial charge < -0.3 is 9.64 Å². The van der Waals surface area contributed by atoms with Crippen molar-refractivity contribution >= 4 is 27.7 Å². The first kappa shape index (κ1) is 19.2. The average Bonchev–Trinajstić information content (AvgIpc) is 3.17. The maximum Gasteiger partial charge on any atom is 0.154 e. The van der Waals surface area contributed by atoms with Crippen LogP contribution in [-0.2, 0) is 15.6 Å². The van der Waals surface area contributed by atoms with Crippen molar-refractivity contribution < 1.29 is 13.2 Å². The monoisotopic (exact) mass is 408 g/mol. The van der Waals surface area contributed by atoms with E-state index in [0.29, 0.717) is 23.5 Å². The van der Waals surface area contributed by atoms with Crippen LogP contribution in [0.1, 0.15) is 30.0 Å². The molecule has 0 unspecified atom stereocenters. The number of sulfone groups is 1. The van der Waals surface area contributed by atoms with Crippen LogP contribution in [0.2, 0.25) is 0 Å². The standard InChI is InChI=1S/C21H20N4O3S/c1-2-10-29(26,27)13-15-4-3-5-20(18(15)12-22)28-16-6-7-19-17(11-16)21-23-8-9-25(21)14-24-19/h3-7,11,14H,2,8-10,13H2,1H3. The highest BCUT2D eigenvalue weighted by atomic mass is 32.2. The van der Waals surface area contributed by atoms with Gasteiger partial charge >= 0.3 is 0 Å². The minimum Gasteiger partial charge on any atom is -0.456 e. The summed E-state index contributed by atoms with van der Waals surface area (Å²) in [6.45, 7) is 3.34. The summed E-state index contributed by atoms with van der Waals surface area (Å²) in [7, 11) is -3.27. The number of hydrogen-bond donors (Lipinski definition) is 0. The minimum atomic E-state index is -3.27. The molecule has 2 aromatic rings. The number of aliphatic imine (C=N–C) groups is 2. The van der Waals surface area contributed by atoms with Crippen molar-refractivity contribution in [3.63, 3.8) is 0 Å². The molecule has 8 heteroatoms. The molecule has 0 saturated carbocycles. The summed E-state index contributed by atoms with van der Waals surface area (Å²) >= 11 is 0. The zero-order valence-corrected chi connectivity index (χ0v) is 16.8. The second-order valence-electron chi connectivity index (χ2n) is 6.92. The van der Waals surface area contributed by atoms with Gasteiger partial charge in [0.1, 0.15) is 23.4 Å². The van der Waals surface area contributed by atoms with E-state index in [-0.39, 0.29) is 17.1 Å². The lowest BCUT2D eigenvalue weighted by molar-refractivity contribution is 0.480. The zero-order chi connectivity index (χ0) is 20.4. The van der Waals surface area contributed by atoms with Crippen molar-refractivity contribution in [1.29, 1.82) is 5.26 Å². The molecule has 0 amide bonds. The van der Waals surface area contributed by atoms with Gasteiger partial charge in [-0.1, -0.05) is 19.1 Å². The van der Waals surface area contributed by atoms with Gasteiger partial charge in [-0.25, -0.2) is 13.4 Å². The van der Waals surface area contributed by atoms with E-state index in [4.69, 9.17) is 4.74 Å². The molecule has 148 valence electrons. The molecule has 0 N–H and O–H groups in total. The first-order chi connectivity index (χ1) is 14.0. The first-order valence-corrected chi connectivity index (χ1v) is 11.2. The zero-order valence-electron chi connectivity index (χ0n) is 16.0. The quantitative estimate of drug-likeness (QED) is 0.730. The molecule has 0 spiro atoms. The molecule has 0 aromatic heterocycles. The Bertz CT molecular complexity index is 1160. The van der Waals surface area contributed by atoms with E-state index in [0.717, 1.165) is 30.2 Å². The molecule has 0 fully saturated rings. The SMILES string of the molecule is CCCS(=O)(=O)Cc1cccc(Oc2ccc3c(c2)C2=NCCN2C=N3)c1C#N. The van der Waals surface area contributed by atoms with Gasteiger partial charge in [-0.05, 0) is 36.2 Å². The number of benzene rings is 2. The molecule has 4 rings (SSSR count). The third kappa shape index (κ3) is 3.87. The van der Waals surface area contributed by atoms with Crippen LogP contribution in [0.25, 0.3) is 0 Å². The predicted molar refractivity (Wildman–Crippen MR) is 112 cm³/mol. The summed E-state index contributed by atoms with van der Waals surface area (Å²) in [5.74, 6) is 1.65. The normalized spacial score (nSPS) is 14.8. The molecular formula is C21H20N4O3S. The van der Waals surface area contributed by atoms with E-state index in [1.807, 2.05) is 24.0 Å². The summed E-state index contributed by atoms with van der Waals surface area (Å²) in [4.78, 5) is 11.0. The van der Waals surface area contributed by atoms with Gasteiger partial charge in [0.2, 0.25) is 0 Å². The van der Waals surface area contributed by atoms with Gasteiger partial charge in [0.15, 0.2) is 9.84 Å². The summed E-state index contributed by atoms with van der Waals surface area (Å²) in [6.07, 6.45) is 2.32. The number of fused-ring (bicyclic) bond motifs is 3. The lowest BCUT2D eigenvalue weighted by Gasteiger charge is -2.21. The largest absolute Gasteiger partial charge is 0.456 e. The van der Waals surface area contributed by atoms with E-state index in [1.54, 1.807) is 30.6 Å². The Morgan fingerprint density at radius 2 is 2.14 bits per heavy atom. The van der Waals surface area contributed by atoms with Gasteiger partial charge in [0.25, 0.3) is 0 Å². The van der Waals surface area contributed by atoms with Crippen LogP contribution in [0.4, 0.5) is 5.69 Å². The molecule has 0 saturated heterocycles. The van der Waals surface area contributed by atoms with E-state index in [1.165, 1.54) is 0 Å². The summed E-state index contributed by atoms with van der Waals surface area (Å²) in [6, 6.07) is 12.6. The highest BCUT2D eigenvalue weighted by Gasteiger charge is 2.24. The molecule has 2 aromatic carbocycles. The maximum atomic E-state index is 12.2. The van der Waals surface area contributed by atoms with E-state index in [2.05, 4.69) is 16.1 Å². The number of rotatable bonds is 6. The van der Waals surface area contributed by atoms with Crippen molar-refractivity contribution in [3.8, 4) is 17.6 Å². The lowest BCUT2D eigenvalue weighted by atomic mass is 10.1. The summed E-state index contributed by atoms with van der Waals surface area (Å²) < 4.78 is 30.4. The number of nitrogens with zero attached hydrogens (tertiary/aromatic N) is 4. The fourth-order valence-corrected chi connectivity index (χ4v) is 4.95. The Morgan fingerprint density at radius 1 is 1.28 bits per heavy atom. The average molecular weight is 408 g/mol. The van der Waals surface area contributed by atoms with Gasteiger partial charge in [0.05, 0.1) is 35.6 Å². The Morgan fingerprint density at radius 3 is 2.93 bits per heavy atom. The van der Waals surface area contributed by atoms with Crippen LogP contribution in [0, 0.1) is 11.3 Å². The highest BCUT2D eigenvalue weighted by Crippen LogP contribution is 2.34. The van der Waals surface area contributed by atoms with Crippen LogP contribution in [0.5, 0.6) is 11.5 Å². The van der Waals surface area contributed by atoms with Gasteiger partial charge in [-0.15, -0.1) is 0 Å². The fourth-order valence-electron chi connectivity index (χ4n) is 3.47. The molecule has 2 aliphatic heterocycles. The predicted octanol–water partition coefficient (Wildman–Crippen LogP) is 3.41. The van der Waals surface area contributed by atoms with Crippen molar-refractivity contribution in [2.75, 3.05) is 18.8 Å². The molecule has 2 aliphatic rings. The molecule has 0 bridgehead atoms. The number of hydrogen-bond acceptors (Lipinski definition) is 7. The third-order valence-corrected chi connectivity index (χ3v) is 6.54. The Hall–Kier alpha value is -3.18. The first-order valence-electron chi connectivity index (χ1n) is 9.40. The van der Waals surface area contributed by atoms with Crippen LogP contribution in [-0.4, -0.2) is 44.3 Å². The Kier molecular flexibility index (Phi) is 5.07. The minimum absolute atomic E-state index is 0.0902. The van der Waals surface area contributed by atoms with Crippen LogP contribution in [0.3, 0.4) is 0 Å². The Labute approximate surface area is 169 Å². The van der Waals surface area contributed by atoms with E-state index in [9.17, 15) is 13.7 Å². The topological polar surface area (TPSA) is 95.1 Å². The van der Waals surface area contributed by atoms with E-state index < -0.39 is 9.84 Å². The van der Waals surface area contributed by atoms with Crippen molar-refractivity contribution in [2.45, 2.75) is 19.1 Å². The number of amidine groups is 1. The molecule has 2 heterocycles. The molecule has 7 nitrogen and oxygen atoms in total. The lowest BCUT2D eigenvalue weighted by Crippen LogP contribution is -2.29. The number of ether oxygens (including phenoxy) is 1. The number of nitriles is 1. The van der Waals surface area contributed by atoms with E-state index >= 15 is 0 Å². The second kappa shape index (κ2) is 7.68. The smallest absolute Gasteiger partial charge is 0.154 e. The van der Waals surface area contributed by atoms with Crippen LogP contribution >= 0.6 is 0 Å². The summed E-state index contributed by atoms with van der Waals surface area (Å²) in [5, 5.41) is 9.65. The second-order valence-corrected chi connectivity index (χ2v) is 9.10. The molecule has 0 atom stereocenters.